The summed E-state index contributed by atoms with van der Waals surface area (Å²) < 4.78 is 0. The van der Waals surface area contributed by atoms with Gasteiger partial charge in [-0.1, -0.05) is 42.5 Å². The average molecular weight is 282 g/mol. The molecule has 1 saturated heterocycles. The highest BCUT2D eigenvalue weighted by atomic mass is 16.2. The van der Waals surface area contributed by atoms with E-state index in [9.17, 15) is 4.79 Å². The van der Waals surface area contributed by atoms with E-state index in [0.717, 1.165) is 32.4 Å². The van der Waals surface area contributed by atoms with Crippen LogP contribution in [-0.4, -0.2) is 29.9 Å². The lowest BCUT2D eigenvalue weighted by Gasteiger charge is -2.30. The van der Waals surface area contributed by atoms with E-state index in [1.807, 2.05) is 17.0 Å². The molecule has 0 saturated carbocycles. The van der Waals surface area contributed by atoms with Crippen LogP contribution in [0.15, 0.2) is 42.5 Å². The minimum atomic E-state index is 0.259. The topological polar surface area (TPSA) is 46.3 Å². The van der Waals surface area contributed by atoms with Crippen molar-refractivity contribution in [2.75, 3.05) is 13.1 Å². The second-order valence-corrected chi connectivity index (χ2v) is 5.90. The fraction of sp³-hybridized carbons (Fsp3) is 0.389. The SMILES string of the molecule is NC1CCN(C(=O)CCc2ccc3ccccc3c2)CC1. The molecular formula is C18H22N2O. The fourth-order valence-corrected chi connectivity index (χ4v) is 2.95. The molecule has 0 aliphatic carbocycles. The predicted octanol–water partition coefficient (Wildman–Crippen LogP) is 2.72. The molecule has 21 heavy (non-hydrogen) atoms. The van der Waals surface area contributed by atoms with E-state index in [1.54, 1.807) is 0 Å². The zero-order chi connectivity index (χ0) is 14.7. The van der Waals surface area contributed by atoms with Crippen LogP contribution in [-0.2, 0) is 11.2 Å². The van der Waals surface area contributed by atoms with Gasteiger partial charge in [0.2, 0.25) is 5.91 Å². The number of carbonyl (C=O) groups excluding carboxylic acids is 1. The van der Waals surface area contributed by atoms with Crippen molar-refractivity contribution < 1.29 is 4.79 Å². The lowest BCUT2D eigenvalue weighted by Crippen LogP contribution is -2.42. The highest BCUT2D eigenvalue weighted by Gasteiger charge is 2.19. The van der Waals surface area contributed by atoms with E-state index in [1.165, 1.54) is 16.3 Å². The highest BCUT2D eigenvalue weighted by molar-refractivity contribution is 5.83. The normalized spacial score (nSPS) is 16.3. The minimum Gasteiger partial charge on any atom is -0.343 e. The van der Waals surface area contributed by atoms with Crippen LogP contribution in [0.3, 0.4) is 0 Å². The van der Waals surface area contributed by atoms with Gasteiger partial charge in [0.25, 0.3) is 0 Å². The second kappa shape index (κ2) is 6.27. The number of likely N-dealkylation sites (tertiary alicyclic amines) is 1. The first-order valence-electron chi connectivity index (χ1n) is 7.73. The van der Waals surface area contributed by atoms with Crippen molar-refractivity contribution >= 4 is 16.7 Å². The number of amides is 1. The first-order chi connectivity index (χ1) is 10.2. The lowest BCUT2D eigenvalue weighted by atomic mass is 10.0. The zero-order valence-electron chi connectivity index (χ0n) is 12.3. The van der Waals surface area contributed by atoms with E-state index in [4.69, 9.17) is 5.73 Å². The molecule has 1 fully saturated rings. The summed E-state index contributed by atoms with van der Waals surface area (Å²) in [7, 11) is 0. The van der Waals surface area contributed by atoms with Gasteiger partial charge < -0.3 is 10.6 Å². The van der Waals surface area contributed by atoms with Crippen LogP contribution < -0.4 is 5.73 Å². The Balaban J connectivity index is 1.59. The van der Waals surface area contributed by atoms with Crippen molar-refractivity contribution in [2.24, 2.45) is 5.73 Å². The molecule has 1 aliphatic rings. The van der Waals surface area contributed by atoms with Crippen LogP contribution in [0, 0.1) is 0 Å². The van der Waals surface area contributed by atoms with E-state index >= 15 is 0 Å². The number of nitrogens with two attached hydrogens (primary N) is 1. The van der Waals surface area contributed by atoms with Gasteiger partial charge in [0, 0.05) is 25.6 Å². The van der Waals surface area contributed by atoms with Crippen molar-refractivity contribution in [3.8, 4) is 0 Å². The van der Waals surface area contributed by atoms with E-state index in [2.05, 4.69) is 30.3 Å². The van der Waals surface area contributed by atoms with Crippen LogP contribution >= 0.6 is 0 Å². The van der Waals surface area contributed by atoms with Crippen molar-refractivity contribution in [1.29, 1.82) is 0 Å². The first kappa shape index (κ1) is 14.1. The zero-order valence-corrected chi connectivity index (χ0v) is 12.3. The van der Waals surface area contributed by atoms with Gasteiger partial charge in [0.1, 0.15) is 0 Å². The van der Waals surface area contributed by atoms with Crippen molar-refractivity contribution in [2.45, 2.75) is 31.7 Å². The third-order valence-corrected chi connectivity index (χ3v) is 4.33. The Labute approximate surface area is 125 Å². The smallest absolute Gasteiger partial charge is 0.222 e. The molecule has 2 N–H and O–H groups in total. The third kappa shape index (κ3) is 3.42. The molecule has 2 aromatic carbocycles. The summed E-state index contributed by atoms with van der Waals surface area (Å²) in [5.74, 6) is 0.259. The van der Waals surface area contributed by atoms with Gasteiger partial charge in [-0.05, 0) is 35.6 Å². The van der Waals surface area contributed by atoms with Crippen LogP contribution in [0.5, 0.6) is 0 Å². The molecule has 3 nitrogen and oxygen atoms in total. The molecule has 0 radical (unpaired) electrons. The largest absolute Gasteiger partial charge is 0.343 e. The average Bonchev–Trinajstić information content (AvgIpc) is 2.53. The first-order valence-corrected chi connectivity index (χ1v) is 7.73. The molecule has 110 valence electrons. The second-order valence-electron chi connectivity index (χ2n) is 5.90. The Hall–Kier alpha value is -1.87. The summed E-state index contributed by atoms with van der Waals surface area (Å²) in [5.41, 5.74) is 7.11. The number of hydrogen-bond donors (Lipinski definition) is 1. The summed E-state index contributed by atoms with van der Waals surface area (Å²) in [6.45, 7) is 1.63. The number of piperidine rings is 1. The Kier molecular flexibility index (Phi) is 4.20. The van der Waals surface area contributed by atoms with Gasteiger partial charge in [-0.2, -0.15) is 0 Å². The fourth-order valence-electron chi connectivity index (χ4n) is 2.95. The van der Waals surface area contributed by atoms with Gasteiger partial charge in [-0.15, -0.1) is 0 Å². The summed E-state index contributed by atoms with van der Waals surface area (Å²) in [4.78, 5) is 14.2. The molecule has 0 spiro atoms. The van der Waals surface area contributed by atoms with Crippen LogP contribution in [0.25, 0.3) is 10.8 Å². The maximum Gasteiger partial charge on any atom is 0.222 e. The molecule has 3 rings (SSSR count). The van der Waals surface area contributed by atoms with E-state index in [-0.39, 0.29) is 11.9 Å². The minimum absolute atomic E-state index is 0.259. The van der Waals surface area contributed by atoms with Gasteiger partial charge >= 0.3 is 0 Å². The van der Waals surface area contributed by atoms with Crippen molar-refractivity contribution in [3.05, 3.63) is 48.0 Å². The quantitative estimate of drug-likeness (QED) is 0.941. The molecule has 3 heteroatoms. The molecule has 1 amide bonds. The van der Waals surface area contributed by atoms with Gasteiger partial charge in [0.15, 0.2) is 0 Å². The van der Waals surface area contributed by atoms with E-state index < -0.39 is 0 Å². The molecule has 1 aliphatic heterocycles. The van der Waals surface area contributed by atoms with Crippen LogP contribution in [0.4, 0.5) is 0 Å². The predicted molar refractivity (Wildman–Crippen MR) is 86.1 cm³/mol. The maximum absolute atomic E-state index is 12.2. The highest BCUT2D eigenvalue weighted by Crippen LogP contribution is 2.17. The molecule has 2 aromatic rings. The number of aryl methyl sites for hydroxylation is 1. The number of carbonyl (C=O) groups is 1. The number of nitrogens with zero attached hydrogens (tertiary/aromatic N) is 1. The maximum atomic E-state index is 12.2. The van der Waals surface area contributed by atoms with Crippen LogP contribution in [0.1, 0.15) is 24.8 Å². The Bertz CT molecular complexity index is 630. The lowest BCUT2D eigenvalue weighted by molar-refractivity contribution is -0.132. The molecule has 0 bridgehead atoms. The Morgan fingerprint density at radius 3 is 2.57 bits per heavy atom. The monoisotopic (exact) mass is 282 g/mol. The Morgan fingerprint density at radius 2 is 1.81 bits per heavy atom. The summed E-state index contributed by atoms with van der Waals surface area (Å²) in [5, 5.41) is 2.49. The molecule has 1 heterocycles. The summed E-state index contributed by atoms with van der Waals surface area (Å²) >= 11 is 0. The van der Waals surface area contributed by atoms with Crippen molar-refractivity contribution in [3.63, 3.8) is 0 Å². The molecule has 0 aromatic heterocycles. The third-order valence-electron chi connectivity index (χ3n) is 4.33. The van der Waals surface area contributed by atoms with Gasteiger partial charge in [0.05, 0.1) is 0 Å². The number of rotatable bonds is 3. The standard InChI is InChI=1S/C18H22N2O/c19-17-9-11-20(12-10-17)18(21)8-6-14-5-7-15-3-1-2-4-16(15)13-14/h1-5,7,13,17H,6,8-12,19H2. The van der Waals surface area contributed by atoms with Crippen LogP contribution in [0.2, 0.25) is 0 Å². The summed E-state index contributed by atoms with van der Waals surface area (Å²) in [6, 6.07) is 15.1. The number of benzene rings is 2. The van der Waals surface area contributed by atoms with Crippen molar-refractivity contribution in [1.82, 2.24) is 4.90 Å². The van der Waals surface area contributed by atoms with E-state index in [0.29, 0.717) is 6.42 Å². The molecular weight excluding hydrogens is 260 g/mol. The number of fused-ring (bicyclic) bond motifs is 1. The Morgan fingerprint density at radius 1 is 1.10 bits per heavy atom. The summed E-state index contributed by atoms with van der Waals surface area (Å²) in [6.07, 6.45) is 3.27. The molecule has 0 unspecified atom stereocenters. The number of hydrogen-bond acceptors (Lipinski definition) is 2. The van der Waals surface area contributed by atoms with Gasteiger partial charge in [-0.25, -0.2) is 0 Å². The molecule has 0 atom stereocenters. The van der Waals surface area contributed by atoms with Gasteiger partial charge in [-0.3, -0.25) is 4.79 Å².